The van der Waals surface area contributed by atoms with E-state index in [1.807, 2.05) is 20.0 Å². The molecule has 144 valence electrons. The highest BCUT2D eigenvalue weighted by atomic mass is 127. The van der Waals surface area contributed by atoms with Gasteiger partial charge in [0.2, 0.25) is 0 Å². The van der Waals surface area contributed by atoms with Crippen LogP contribution in [-0.4, -0.2) is 48.0 Å². The predicted molar refractivity (Wildman–Crippen MR) is 119 cm³/mol. The van der Waals surface area contributed by atoms with Crippen molar-refractivity contribution in [2.45, 2.75) is 27.2 Å². The van der Waals surface area contributed by atoms with Gasteiger partial charge in [0.15, 0.2) is 5.96 Å². The third kappa shape index (κ3) is 7.54. The minimum Gasteiger partial charge on any atom is -0.357 e. The van der Waals surface area contributed by atoms with Crippen molar-refractivity contribution < 1.29 is 4.79 Å². The standard InChI is InChI=1S/C16H24N6OS2.HI/c1-4-17-16(19-6-5-13-21-9-11(2)25-13)20-8-7-18-15(23)14-12(3)22-10-24-14;/h9-10H,4-8H2,1-3H3,(H,18,23)(H2,17,19,20);1H. The van der Waals surface area contributed by atoms with E-state index in [4.69, 9.17) is 0 Å². The lowest BCUT2D eigenvalue weighted by atomic mass is 10.4. The van der Waals surface area contributed by atoms with Gasteiger partial charge in [-0.3, -0.25) is 9.79 Å². The summed E-state index contributed by atoms with van der Waals surface area (Å²) in [5.74, 6) is 0.668. The zero-order valence-electron chi connectivity index (χ0n) is 15.2. The van der Waals surface area contributed by atoms with Crippen molar-refractivity contribution in [1.82, 2.24) is 25.9 Å². The summed E-state index contributed by atoms with van der Waals surface area (Å²) < 4.78 is 0. The molecule has 0 aromatic carbocycles. The monoisotopic (exact) mass is 508 g/mol. The van der Waals surface area contributed by atoms with E-state index in [0.717, 1.165) is 29.6 Å². The molecule has 0 saturated carbocycles. The van der Waals surface area contributed by atoms with Gasteiger partial charge in [-0.2, -0.15) is 0 Å². The fraction of sp³-hybridized carbons (Fsp3) is 0.500. The summed E-state index contributed by atoms with van der Waals surface area (Å²) in [6, 6.07) is 0. The summed E-state index contributed by atoms with van der Waals surface area (Å²) in [6.45, 7) is 8.50. The Morgan fingerprint density at radius 2 is 1.96 bits per heavy atom. The Morgan fingerprint density at radius 3 is 2.58 bits per heavy atom. The molecule has 0 aliphatic rings. The molecule has 2 aromatic rings. The maximum atomic E-state index is 12.0. The lowest BCUT2D eigenvalue weighted by Gasteiger charge is -2.11. The second kappa shape index (κ2) is 12.2. The van der Waals surface area contributed by atoms with Gasteiger partial charge >= 0.3 is 0 Å². The van der Waals surface area contributed by atoms with E-state index in [1.54, 1.807) is 16.8 Å². The molecule has 0 aliphatic heterocycles. The average molecular weight is 508 g/mol. The Morgan fingerprint density at radius 1 is 1.19 bits per heavy atom. The number of amides is 1. The molecular formula is C16H25IN6OS2. The van der Waals surface area contributed by atoms with E-state index >= 15 is 0 Å². The number of rotatable bonds is 8. The zero-order chi connectivity index (χ0) is 18.1. The molecule has 26 heavy (non-hydrogen) atoms. The number of halogens is 1. The first-order valence-corrected chi connectivity index (χ1v) is 9.91. The summed E-state index contributed by atoms with van der Waals surface area (Å²) >= 11 is 3.06. The lowest BCUT2D eigenvalue weighted by molar-refractivity contribution is 0.0957. The van der Waals surface area contributed by atoms with E-state index in [-0.39, 0.29) is 29.9 Å². The van der Waals surface area contributed by atoms with E-state index in [0.29, 0.717) is 24.5 Å². The second-order valence-electron chi connectivity index (χ2n) is 5.32. The largest absolute Gasteiger partial charge is 0.357 e. The summed E-state index contributed by atoms with van der Waals surface area (Å²) in [5.41, 5.74) is 2.45. The van der Waals surface area contributed by atoms with Crippen LogP contribution in [0.4, 0.5) is 0 Å². The number of nitrogens with zero attached hydrogens (tertiary/aromatic N) is 3. The van der Waals surface area contributed by atoms with Crippen molar-refractivity contribution >= 4 is 58.5 Å². The topological polar surface area (TPSA) is 91.3 Å². The number of carbonyl (C=O) groups excluding carboxylic acids is 1. The molecule has 3 N–H and O–H groups in total. The molecule has 0 spiro atoms. The van der Waals surface area contributed by atoms with Crippen LogP contribution in [0.3, 0.4) is 0 Å². The van der Waals surface area contributed by atoms with Gasteiger partial charge in [-0.1, -0.05) is 0 Å². The number of aryl methyl sites for hydroxylation is 2. The minimum atomic E-state index is -0.0807. The smallest absolute Gasteiger partial charge is 0.263 e. The Hall–Kier alpha value is -1.27. The highest BCUT2D eigenvalue weighted by molar-refractivity contribution is 14.0. The van der Waals surface area contributed by atoms with Gasteiger partial charge < -0.3 is 16.0 Å². The van der Waals surface area contributed by atoms with Crippen molar-refractivity contribution in [3.63, 3.8) is 0 Å². The molecular weight excluding hydrogens is 483 g/mol. The van der Waals surface area contributed by atoms with Crippen molar-refractivity contribution in [3.05, 3.63) is 32.2 Å². The van der Waals surface area contributed by atoms with Gasteiger partial charge in [0.25, 0.3) is 5.91 Å². The lowest BCUT2D eigenvalue weighted by Crippen LogP contribution is -2.41. The molecule has 0 fully saturated rings. The first-order chi connectivity index (χ1) is 12.1. The Balaban J connectivity index is 0.00000338. The van der Waals surface area contributed by atoms with Gasteiger partial charge in [-0.05, 0) is 20.8 Å². The highest BCUT2D eigenvalue weighted by Gasteiger charge is 2.10. The molecule has 0 atom stereocenters. The first kappa shape index (κ1) is 22.8. The van der Waals surface area contributed by atoms with Crippen molar-refractivity contribution in [1.29, 1.82) is 0 Å². The summed E-state index contributed by atoms with van der Waals surface area (Å²) in [4.78, 5) is 26.9. The average Bonchev–Trinajstić information content (AvgIpc) is 3.19. The Kier molecular flexibility index (Phi) is 10.7. The summed E-state index contributed by atoms with van der Waals surface area (Å²) in [7, 11) is 0. The molecule has 0 aliphatic carbocycles. The first-order valence-electron chi connectivity index (χ1n) is 8.22. The van der Waals surface area contributed by atoms with Crippen LogP contribution in [0.1, 0.15) is 32.2 Å². The van der Waals surface area contributed by atoms with Crippen LogP contribution in [0.25, 0.3) is 0 Å². The number of carbonyl (C=O) groups is 1. The number of thiazole rings is 2. The molecule has 0 radical (unpaired) electrons. The molecule has 2 rings (SSSR count). The van der Waals surface area contributed by atoms with Crippen molar-refractivity contribution in [2.24, 2.45) is 4.99 Å². The molecule has 2 heterocycles. The molecule has 2 aromatic heterocycles. The van der Waals surface area contributed by atoms with E-state index in [9.17, 15) is 4.79 Å². The van der Waals surface area contributed by atoms with E-state index in [2.05, 4.69) is 37.8 Å². The third-order valence-corrected chi connectivity index (χ3v) is 5.16. The van der Waals surface area contributed by atoms with Crippen molar-refractivity contribution in [2.75, 3.05) is 26.2 Å². The number of hydrogen-bond donors (Lipinski definition) is 3. The van der Waals surface area contributed by atoms with Crippen LogP contribution in [0.2, 0.25) is 0 Å². The van der Waals surface area contributed by atoms with Crippen molar-refractivity contribution in [3.8, 4) is 0 Å². The Bertz CT molecular complexity index is 715. The number of guanidine groups is 1. The van der Waals surface area contributed by atoms with Crippen LogP contribution in [0, 0.1) is 13.8 Å². The number of aliphatic imine (C=N–C) groups is 1. The number of hydrogen-bond acceptors (Lipinski definition) is 6. The van der Waals surface area contributed by atoms with Gasteiger partial charge in [-0.15, -0.1) is 46.7 Å². The molecule has 1 amide bonds. The van der Waals surface area contributed by atoms with Gasteiger partial charge in [-0.25, -0.2) is 9.97 Å². The molecule has 0 unspecified atom stereocenters. The van der Waals surface area contributed by atoms with E-state index in [1.165, 1.54) is 16.2 Å². The quantitative estimate of drug-likeness (QED) is 0.221. The minimum absolute atomic E-state index is 0. The van der Waals surface area contributed by atoms with E-state index < -0.39 is 0 Å². The summed E-state index contributed by atoms with van der Waals surface area (Å²) in [6.07, 6.45) is 2.72. The van der Waals surface area contributed by atoms with Gasteiger partial charge in [0.05, 0.1) is 16.2 Å². The van der Waals surface area contributed by atoms with Gasteiger partial charge in [0, 0.05) is 43.7 Å². The SMILES string of the molecule is CCNC(=NCCc1ncc(C)s1)NCCNC(=O)c1scnc1C.I. The maximum Gasteiger partial charge on any atom is 0.263 e. The normalized spacial score (nSPS) is 11.0. The van der Waals surface area contributed by atoms with Crippen LogP contribution < -0.4 is 16.0 Å². The third-order valence-electron chi connectivity index (χ3n) is 3.26. The van der Waals surface area contributed by atoms with Crippen LogP contribution in [0.5, 0.6) is 0 Å². The second-order valence-corrected chi connectivity index (χ2v) is 7.50. The maximum absolute atomic E-state index is 12.0. The fourth-order valence-corrected chi connectivity index (χ4v) is 3.57. The zero-order valence-corrected chi connectivity index (χ0v) is 19.1. The number of nitrogens with one attached hydrogen (secondary N) is 3. The van der Waals surface area contributed by atoms with Crippen LogP contribution in [-0.2, 0) is 6.42 Å². The van der Waals surface area contributed by atoms with Crippen LogP contribution >= 0.6 is 46.7 Å². The van der Waals surface area contributed by atoms with Crippen LogP contribution in [0.15, 0.2) is 16.7 Å². The molecule has 0 saturated heterocycles. The number of aromatic nitrogens is 2. The highest BCUT2D eigenvalue weighted by Crippen LogP contribution is 2.12. The van der Waals surface area contributed by atoms with Gasteiger partial charge in [0.1, 0.15) is 4.88 Å². The molecule has 0 bridgehead atoms. The molecule has 7 nitrogen and oxygen atoms in total. The Labute approximate surface area is 179 Å². The summed E-state index contributed by atoms with van der Waals surface area (Å²) in [5, 5.41) is 10.4. The molecule has 10 heteroatoms. The predicted octanol–water partition coefficient (Wildman–Crippen LogP) is 2.36. The fourth-order valence-electron chi connectivity index (χ4n) is 2.08.